The zero-order valence-corrected chi connectivity index (χ0v) is 12.5. The second kappa shape index (κ2) is 6.88. The molecule has 2 N–H and O–H groups in total. The van der Waals surface area contributed by atoms with Crippen molar-refractivity contribution in [3.8, 4) is 5.40 Å². The van der Waals surface area contributed by atoms with Crippen LogP contribution >= 0.6 is 23.1 Å². The Bertz CT molecular complexity index is 704. The molecule has 6 nitrogen and oxygen atoms in total. The molecule has 0 radical (unpaired) electrons. The fourth-order valence-electron chi connectivity index (χ4n) is 1.41. The summed E-state index contributed by atoms with van der Waals surface area (Å²) < 4.78 is 0. The van der Waals surface area contributed by atoms with Crippen molar-refractivity contribution >= 4 is 45.7 Å². The standard InChI is InChI=1S/C13H10N4O2S2/c1-8-6-20-13(15-8)17-12(19)11(18)16-9-2-4-10(5-3-9)21-7-14/h2-6H,1H3,(H,16,18)(H,15,17,19). The summed E-state index contributed by atoms with van der Waals surface area (Å²) >= 11 is 2.27. The van der Waals surface area contributed by atoms with E-state index < -0.39 is 11.8 Å². The quantitative estimate of drug-likeness (QED) is 0.515. The average molecular weight is 318 g/mol. The van der Waals surface area contributed by atoms with Crippen LogP contribution in [0.25, 0.3) is 0 Å². The van der Waals surface area contributed by atoms with E-state index in [1.165, 1.54) is 11.3 Å². The number of amides is 2. The van der Waals surface area contributed by atoms with E-state index in [1.807, 2.05) is 5.40 Å². The van der Waals surface area contributed by atoms with Crippen molar-refractivity contribution in [3.63, 3.8) is 0 Å². The summed E-state index contributed by atoms with van der Waals surface area (Å²) in [6.45, 7) is 1.80. The third kappa shape index (κ3) is 4.30. The first-order valence-electron chi connectivity index (χ1n) is 5.79. The summed E-state index contributed by atoms with van der Waals surface area (Å²) in [6.07, 6.45) is 0. The molecule has 1 aromatic heterocycles. The molecule has 0 unspecified atom stereocenters. The third-order valence-electron chi connectivity index (χ3n) is 2.32. The highest BCUT2D eigenvalue weighted by atomic mass is 32.2. The lowest BCUT2D eigenvalue weighted by Crippen LogP contribution is -2.29. The number of carbonyl (C=O) groups is 2. The lowest BCUT2D eigenvalue weighted by Gasteiger charge is -2.05. The lowest BCUT2D eigenvalue weighted by molar-refractivity contribution is -0.132. The van der Waals surface area contributed by atoms with E-state index in [1.54, 1.807) is 36.6 Å². The van der Waals surface area contributed by atoms with Gasteiger partial charge in [-0.15, -0.1) is 11.3 Å². The minimum atomic E-state index is -0.778. The van der Waals surface area contributed by atoms with Gasteiger partial charge in [0.15, 0.2) is 5.13 Å². The second-order valence-corrected chi connectivity index (χ2v) is 5.64. The van der Waals surface area contributed by atoms with Crippen LogP contribution in [0.4, 0.5) is 10.8 Å². The first-order chi connectivity index (χ1) is 10.1. The predicted molar refractivity (Wildman–Crippen MR) is 82.0 cm³/mol. The normalized spacial score (nSPS) is 9.71. The van der Waals surface area contributed by atoms with E-state index in [9.17, 15) is 9.59 Å². The zero-order valence-electron chi connectivity index (χ0n) is 10.9. The van der Waals surface area contributed by atoms with Crippen molar-refractivity contribution in [2.75, 3.05) is 10.6 Å². The van der Waals surface area contributed by atoms with Crippen molar-refractivity contribution in [1.29, 1.82) is 5.26 Å². The monoisotopic (exact) mass is 318 g/mol. The van der Waals surface area contributed by atoms with Gasteiger partial charge < -0.3 is 5.32 Å². The van der Waals surface area contributed by atoms with Gasteiger partial charge in [0.25, 0.3) is 0 Å². The Morgan fingerprint density at radius 1 is 1.24 bits per heavy atom. The third-order valence-corrected chi connectivity index (χ3v) is 3.80. The summed E-state index contributed by atoms with van der Waals surface area (Å²) in [6, 6.07) is 6.62. The molecule has 0 atom stereocenters. The Kier molecular flexibility index (Phi) is 4.92. The molecule has 0 saturated carbocycles. The number of aromatic nitrogens is 1. The summed E-state index contributed by atoms with van der Waals surface area (Å²) in [5.41, 5.74) is 1.26. The van der Waals surface area contributed by atoms with Crippen LogP contribution in [0.5, 0.6) is 0 Å². The molecule has 8 heteroatoms. The number of nitrogens with zero attached hydrogens (tertiary/aromatic N) is 2. The number of carbonyl (C=O) groups excluding carboxylic acids is 2. The van der Waals surface area contributed by atoms with Gasteiger partial charge in [0.2, 0.25) is 0 Å². The van der Waals surface area contributed by atoms with Crippen LogP contribution in [-0.2, 0) is 9.59 Å². The van der Waals surface area contributed by atoms with E-state index >= 15 is 0 Å². The van der Waals surface area contributed by atoms with Gasteiger partial charge >= 0.3 is 11.8 Å². The Morgan fingerprint density at radius 3 is 2.48 bits per heavy atom. The number of thiazole rings is 1. The van der Waals surface area contributed by atoms with Gasteiger partial charge in [0.1, 0.15) is 5.40 Å². The molecule has 2 aromatic rings. The smallest absolute Gasteiger partial charge is 0.315 e. The molecule has 1 heterocycles. The number of aryl methyl sites for hydroxylation is 1. The minimum Gasteiger partial charge on any atom is -0.318 e. The van der Waals surface area contributed by atoms with Crippen LogP contribution < -0.4 is 10.6 Å². The highest BCUT2D eigenvalue weighted by Gasteiger charge is 2.15. The number of nitriles is 1. The maximum Gasteiger partial charge on any atom is 0.315 e. The molecule has 2 rings (SSSR count). The van der Waals surface area contributed by atoms with E-state index in [4.69, 9.17) is 5.26 Å². The molecule has 2 amide bonds. The SMILES string of the molecule is Cc1csc(NC(=O)C(=O)Nc2ccc(SC#N)cc2)n1. The van der Waals surface area contributed by atoms with Crippen LogP contribution in [0.2, 0.25) is 0 Å². The van der Waals surface area contributed by atoms with Crippen LogP contribution in [0.15, 0.2) is 34.5 Å². The predicted octanol–water partition coefficient (Wildman–Crippen LogP) is 2.60. The van der Waals surface area contributed by atoms with Gasteiger partial charge in [0, 0.05) is 16.0 Å². The van der Waals surface area contributed by atoms with E-state index in [-0.39, 0.29) is 0 Å². The first-order valence-corrected chi connectivity index (χ1v) is 7.48. The van der Waals surface area contributed by atoms with Gasteiger partial charge in [-0.3, -0.25) is 14.9 Å². The molecule has 0 spiro atoms. The maximum atomic E-state index is 11.7. The van der Waals surface area contributed by atoms with Gasteiger partial charge in [0.05, 0.1) is 5.69 Å². The number of rotatable bonds is 3. The molecule has 0 aliphatic rings. The molecule has 106 valence electrons. The van der Waals surface area contributed by atoms with Crippen molar-refractivity contribution in [1.82, 2.24) is 4.98 Å². The molecular weight excluding hydrogens is 308 g/mol. The topological polar surface area (TPSA) is 94.9 Å². The minimum absolute atomic E-state index is 0.383. The molecule has 0 aliphatic heterocycles. The zero-order chi connectivity index (χ0) is 15.2. The average Bonchev–Trinajstić information content (AvgIpc) is 2.86. The highest BCUT2D eigenvalue weighted by Crippen LogP contribution is 2.19. The molecule has 1 aromatic carbocycles. The molecule has 0 fully saturated rings. The molecule has 0 saturated heterocycles. The number of anilines is 2. The number of thiocyanates is 1. The summed E-state index contributed by atoms with van der Waals surface area (Å²) in [7, 11) is 0. The highest BCUT2D eigenvalue weighted by molar-refractivity contribution is 8.03. The fourth-order valence-corrected chi connectivity index (χ4v) is 2.47. The molecule has 21 heavy (non-hydrogen) atoms. The number of nitrogens with one attached hydrogen (secondary N) is 2. The van der Waals surface area contributed by atoms with E-state index in [0.717, 1.165) is 22.4 Å². The molecular formula is C13H10N4O2S2. The van der Waals surface area contributed by atoms with Crippen molar-refractivity contribution in [2.45, 2.75) is 11.8 Å². The van der Waals surface area contributed by atoms with Gasteiger partial charge in [-0.1, -0.05) is 0 Å². The van der Waals surface area contributed by atoms with E-state index in [0.29, 0.717) is 10.8 Å². The number of thioether (sulfide) groups is 1. The summed E-state index contributed by atoms with van der Waals surface area (Å²) in [5.74, 6) is -1.55. The van der Waals surface area contributed by atoms with Crippen LogP contribution in [0.1, 0.15) is 5.69 Å². The second-order valence-electron chi connectivity index (χ2n) is 3.92. The largest absolute Gasteiger partial charge is 0.318 e. The van der Waals surface area contributed by atoms with Crippen molar-refractivity contribution < 1.29 is 9.59 Å². The number of benzene rings is 1. The fraction of sp³-hybridized carbons (Fsp3) is 0.0769. The Labute approximate surface area is 129 Å². The summed E-state index contributed by atoms with van der Waals surface area (Å²) in [5, 5.41) is 17.5. The van der Waals surface area contributed by atoms with Crippen LogP contribution in [0, 0.1) is 17.6 Å². The van der Waals surface area contributed by atoms with Gasteiger partial charge in [-0.2, -0.15) is 5.26 Å². The van der Waals surface area contributed by atoms with Gasteiger partial charge in [-0.05, 0) is 43.0 Å². The van der Waals surface area contributed by atoms with E-state index in [2.05, 4.69) is 15.6 Å². The Balaban J connectivity index is 1.94. The van der Waals surface area contributed by atoms with Gasteiger partial charge in [-0.25, -0.2) is 4.98 Å². The van der Waals surface area contributed by atoms with Crippen LogP contribution in [-0.4, -0.2) is 16.8 Å². The number of hydrogen-bond donors (Lipinski definition) is 2. The van der Waals surface area contributed by atoms with Crippen LogP contribution in [0.3, 0.4) is 0 Å². The molecule has 0 bridgehead atoms. The number of hydrogen-bond acceptors (Lipinski definition) is 6. The summed E-state index contributed by atoms with van der Waals surface area (Å²) in [4.78, 5) is 28.2. The van der Waals surface area contributed by atoms with Crippen molar-refractivity contribution in [2.24, 2.45) is 0 Å². The first kappa shape index (κ1) is 15.0. The Morgan fingerprint density at radius 2 is 1.90 bits per heavy atom. The van der Waals surface area contributed by atoms with Crippen molar-refractivity contribution in [3.05, 3.63) is 35.3 Å². The lowest BCUT2D eigenvalue weighted by atomic mass is 10.3. The maximum absolute atomic E-state index is 11.7. The Hall–Kier alpha value is -2.37. The molecule has 0 aliphatic carbocycles.